The van der Waals surface area contributed by atoms with Gasteiger partial charge in [0.25, 0.3) is 5.91 Å². The normalized spacial score (nSPS) is 17.8. The summed E-state index contributed by atoms with van der Waals surface area (Å²) < 4.78 is 39.7. The van der Waals surface area contributed by atoms with Crippen molar-refractivity contribution in [3.05, 3.63) is 53.2 Å². The largest absolute Gasteiger partial charge is 0.472 e. The number of halogens is 2. The third-order valence-electron chi connectivity index (χ3n) is 5.13. The first-order valence-electron chi connectivity index (χ1n) is 9.98. The Morgan fingerprint density at radius 2 is 2.03 bits per heavy atom. The molecule has 3 aromatic rings. The molecule has 1 N–H and O–H groups in total. The molecule has 0 aromatic carbocycles. The van der Waals surface area contributed by atoms with Crippen LogP contribution in [0.15, 0.2) is 35.0 Å². The lowest BCUT2D eigenvalue weighted by atomic mass is 9.89. The lowest BCUT2D eigenvalue weighted by Crippen LogP contribution is -2.48. The number of hydrogen-bond acceptors (Lipinski definition) is 8. The molecule has 1 aliphatic rings. The van der Waals surface area contributed by atoms with Gasteiger partial charge in [0.15, 0.2) is 5.69 Å². The zero-order chi connectivity index (χ0) is 22.7. The summed E-state index contributed by atoms with van der Waals surface area (Å²) >= 11 is 0. The Balaban J connectivity index is 1.33. The van der Waals surface area contributed by atoms with E-state index < -0.39 is 18.6 Å². The van der Waals surface area contributed by atoms with Gasteiger partial charge in [-0.05, 0) is 44.9 Å². The third-order valence-corrected chi connectivity index (χ3v) is 5.13. The highest BCUT2D eigenvalue weighted by molar-refractivity contribution is 5.92. The van der Waals surface area contributed by atoms with Gasteiger partial charge in [-0.2, -0.15) is 8.78 Å². The van der Waals surface area contributed by atoms with Gasteiger partial charge in [0.1, 0.15) is 18.1 Å². The molecule has 9 nitrogen and oxygen atoms in total. The lowest BCUT2D eigenvalue weighted by molar-refractivity contribution is -0.184. The number of carbonyl (C=O) groups is 1. The number of carbonyl (C=O) groups excluding carboxylic acids is 1. The molecule has 0 radical (unpaired) electrons. The summed E-state index contributed by atoms with van der Waals surface area (Å²) in [5, 5.41) is 14.6. The summed E-state index contributed by atoms with van der Waals surface area (Å²) in [5.74, 6) is 0.400. The molecule has 1 saturated carbocycles. The second-order valence-electron chi connectivity index (χ2n) is 7.46. The van der Waals surface area contributed by atoms with Gasteiger partial charge in [-0.15, -0.1) is 10.2 Å². The predicted molar refractivity (Wildman–Crippen MR) is 107 cm³/mol. The van der Waals surface area contributed by atoms with E-state index in [1.54, 1.807) is 13.1 Å². The van der Waals surface area contributed by atoms with Crippen molar-refractivity contribution in [2.24, 2.45) is 0 Å². The van der Waals surface area contributed by atoms with Crippen molar-refractivity contribution in [2.45, 2.75) is 52.1 Å². The van der Waals surface area contributed by atoms with E-state index in [0.29, 0.717) is 24.3 Å². The second-order valence-corrected chi connectivity index (χ2v) is 7.46. The predicted octanol–water partition coefficient (Wildman–Crippen LogP) is 3.22. The van der Waals surface area contributed by atoms with Gasteiger partial charge >= 0.3 is 6.61 Å². The van der Waals surface area contributed by atoms with E-state index in [1.807, 2.05) is 19.1 Å². The number of pyridine rings is 1. The van der Waals surface area contributed by atoms with Crippen molar-refractivity contribution in [3.8, 4) is 17.1 Å². The van der Waals surface area contributed by atoms with Crippen LogP contribution in [0.5, 0.6) is 5.88 Å². The van der Waals surface area contributed by atoms with Crippen molar-refractivity contribution < 1.29 is 27.6 Å². The Bertz CT molecular complexity index is 1070. The van der Waals surface area contributed by atoms with E-state index in [1.165, 1.54) is 12.1 Å². The van der Waals surface area contributed by atoms with Crippen LogP contribution >= 0.6 is 0 Å². The number of nitrogens with zero attached hydrogens (tertiary/aromatic N) is 4. The summed E-state index contributed by atoms with van der Waals surface area (Å²) in [6, 6.07) is 6.57. The summed E-state index contributed by atoms with van der Waals surface area (Å²) in [5.41, 5.74) is 3.19. The molecule has 0 spiro atoms. The Kier molecular flexibility index (Phi) is 6.35. The number of aromatic nitrogens is 4. The molecule has 0 unspecified atom stereocenters. The molecule has 4 rings (SSSR count). The van der Waals surface area contributed by atoms with Crippen molar-refractivity contribution in [1.82, 2.24) is 25.7 Å². The topological polar surface area (TPSA) is 112 Å². The fraction of sp³-hybridized carbons (Fsp3) is 0.381. The zero-order valence-electron chi connectivity index (χ0n) is 17.4. The standard InChI is InChI=1S/C21H21F2N5O4/c1-11-3-4-13(9-24-11)19-16(12(2)32-28-19)10-30-18-6-5-17(26-27-18)20(29)25-14-7-15(8-14)31-21(22)23/h3-6,9,14-15,21H,7-8,10H2,1-2H3,(H,25,29)/t14-,15+. The average Bonchev–Trinajstić information content (AvgIpc) is 3.11. The van der Waals surface area contributed by atoms with Gasteiger partial charge in [-0.25, -0.2) is 0 Å². The maximum Gasteiger partial charge on any atom is 0.345 e. The van der Waals surface area contributed by atoms with Crippen LogP contribution in [-0.4, -0.2) is 45.0 Å². The maximum atomic E-state index is 12.2. The first kappa shape index (κ1) is 21.8. The fourth-order valence-corrected chi connectivity index (χ4v) is 3.26. The highest BCUT2D eigenvalue weighted by Crippen LogP contribution is 2.27. The van der Waals surface area contributed by atoms with E-state index in [-0.39, 0.29) is 24.2 Å². The summed E-state index contributed by atoms with van der Waals surface area (Å²) in [6.45, 7) is 1.02. The summed E-state index contributed by atoms with van der Waals surface area (Å²) in [4.78, 5) is 16.5. The number of alkyl halides is 2. The Morgan fingerprint density at radius 3 is 2.69 bits per heavy atom. The molecule has 0 saturated heterocycles. The summed E-state index contributed by atoms with van der Waals surface area (Å²) in [7, 11) is 0. The first-order chi connectivity index (χ1) is 15.4. The van der Waals surface area contributed by atoms with E-state index >= 15 is 0 Å². The smallest absolute Gasteiger partial charge is 0.345 e. The minimum Gasteiger partial charge on any atom is -0.472 e. The van der Waals surface area contributed by atoms with Gasteiger partial charge < -0.3 is 19.3 Å². The van der Waals surface area contributed by atoms with E-state index in [4.69, 9.17) is 9.26 Å². The van der Waals surface area contributed by atoms with Crippen LogP contribution in [0.1, 0.15) is 40.3 Å². The third kappa shape index (κ3) is 5.05. The number of nitrogens with one attached hydrogen (secondary N) is 1. The van der Waals surface area contributed by atoms with Crippen LogP contribution in [-0.2, 0) is 11.3 Å². The van der Waals surface area contributed by atoms with Crippen molar-refractivity contribution >= 4 is 5.91 Å². The van der Waals surface area contributed by atoms with Crippen LogP contribution < -0.4 is 10.1 Å². The number of hydrogen-bond donors (Lipinski definition) is 1. The summed E-state index contributed by atoms with van der Waals surface area (Å²) in [6.07, 6.45) is 1.85. The van der Waals surface area contributed by atoms with Gasteiger partial charge in [-0.1, -0.05) is 5.16 Å². The Labute approximate surface area is 182 Å². The number of rotatable bonds is 8. The highest BCUT2D eigenvalue weighted by atomic mass is 19.3. The van der Waals surface area contributed by atoms with Crippen molar-refractivity contribution in [2.75, 3.05) is 0 Å². The fourth-order valence-electron chi connectivity index (χ4n) is 3.26. The molecule has 11 heteroatoms. The van der Waals surface area contributed by atoms with Crippen LogP contribution in [0, 0.1) is 13.8 Å². The molecule has 0 atom stereocenters. The number of amides is 1. The van der Waals surface area contributed by atoms with Gasteiger partial charge in [0.05, 0.1) is 11.7 Å². The minimum atomic E-state index is -2.80. The van der Waals surface area contributed by atoms with Gasteiger partial charge in [-0.3, -0.25) is 9.78 Å². The maximum absolute atomic E-state index is 12.2. The molecule has 1 aliphatic carbocycles. The molecule has 168 valence electrons. The Hall–Kier alpha value is -3.47. The quantitative estimate of drug-likeness (QED) is 0.563. The molecule has 1 fully saturated rings. The number of ether oxygens (including phenoxy) is 2. The molecule has 32 heavy (non-hydrogen) atoms. The van der Waals surface area contributed by atoms with Gasteiger partial charge in [0.2, 0.25) is 5.88 Å². The van der Waals surface area contributed by atoms with Crippen molar-refractivity contribution in [3.63, 3.8) is 0 Å². The monoisotopic (exact) mass is 445 g/mol. The molecule has 1 amide bonds. The van der Waals surface area contributed by atoms with E-state index in [9.17, 15) is 13.6 Å². The van der Waals surface area contributed by atoms with Gasteiger partial charge in [0, 0.05) is 29.6 Å². The van der Waals surface area contributed by atoms with E-state index in [2.05, 4.69) is 30.4 Å². The molecular weight excluding hydrogens is 424 g/mol. The van der Waals surface area contributed by atoms with Crippen molar-refractivity contribution in [1.29, 1.82) is 0 Å². The molecule has 3 heterocycles. The number of aryl methyl sites for hydroxylation is 2. The Morgan fingerprint density at radius 1 is 1.22 bits per heavy atom. The SMILES string of the molecule is Cc1ccc(-c2noc(C)c2COc2ccc(C(=O)N[C@H]3C[C@@H](OC(F)F)C3)nn2)cn1. The first-order valence-corrected chi connectivity index (χ1v) is 9.98. The van der Waals surface area contributed by atoms with Crippen LogP contribution in [0.25, 0.3) is 11.3 Å². The van der Waals surface area contributed by atoms with Crippen LogP contribution in [0.3, 0.4) is 0 Å². The minimum absolute atomic E-state index is 0.100. The van der Waals surface area contributed by atoms with E-state index in [0.717, 1.165) is 16.8 Å². The highest BCUT2D eigenvalue weighted by Gasteiger charge is 2.33. The molecular formula is C21H21F2N5O4. The molecule has 3 aromatic heterocycles. The molecule has 0 aliphatic heterocycles. The zero-order valence-corrected chi connectivity index (χ0v) is 17.4. The lowest BCUT2D eigenvalue weighted by Gasteiger charge is -2.34. The van der Waals surface area contributed by atoms with Crippen LogP contribution in [0.4, 0.5) is 8.78 Å². The second kappa shape index (κ2) is 9.35. The average molecular weight is 445 g/mol. The van der Waals surface area contributed by atoms with Crippen LogP contribution in [0.2, 0.25) is 0 Å². The molecule has 0 bridgehead atoms.